The minimum absolute atomic E-state index is 0.0397. The molecule has 128 valence electrons. The summed E-state index contributed by atoms with van der Waals surface area (Å²) in [7, 11) is 0. The summed E-state index contributed by atoms with van der Waals surface area (Å²) in [4.78, 5) is 38.8. The van der Waals surface area contributed by atoms with E-state index in [2.05, 4.69) is 15.5 Å². The molecule has 0 aliphatic carbocycles. The Morgan fingerprint density at radius 3 is 2.50 bits per heavy atom. The van der Waals surface area contributed by atoms with Crippen molar-refractivity contribution in [2.75, 3.05) is 32.7 Å². The molecule has 1 aromatic rings. The number of hydrogen-bond donors (Lipinski definition) is 2. The second-order valence-corrected chi connectivity index (χ2v) is 6.18. The van der Waals surface area contributed by atoms with Crippen LogP contribution in [0.3, 0.4) is 0 Å². The van der Waals surface area contributed by atoms with Crippen LogP contribution >= 0.6 is 0 Å². The smallest absolute Gasteiger partial charge is 0.325 e. The van der Waals surface area contributed by atoms with E-state index in [0.717, 1.165) is 30.1 Å². The maximum Gasteiger partial charge on any atom is 0.325 e. The van der Waals surface area contributed by atoms with E-state index < -0.39 is 6.03 Å². The van der Waals surface area contributed by atoms with Gasteiger partial charge in [0, 0.05) is 6.54 Å². The highest BCUT2D eigenvalue weighted by Gasteiger charge is 2.31. The lowest BCUT2D eigenvalue weighted by Crippen LogP contribution is -2.44. The van der Waals surface area contributed by atoms with Crippen molar-refractivity contribution < 1.29 is 14.4 Å². The maximum absolute atomic E-state index is 12.3. The average molecular weight is 330 g/mol. The van der Waals surface area contributed by atoms with Crippen LogP contribution < -0.4 is 10.6 Å². The van der Waals surface area contributed by atoms with Crippen LogP contribution in [-0.4, -0.2) is 60.4 Å². The van der Waals surface area contributed by atoms with Crippen LogP contribution in [0.1, 0.15) is 24.4 Å². The van der Waals surface area contributed by atoms with Crippen LogP contribution in [0.2, 0.25) is 0 Å². The fourth-order valence-electron chi connectivity index (χ4n) is 3.14. The van der Waals surface area contributed by atoms with Gasteiger partial charge in [-0.05, 0) is 31.5 Å². The van der Waals surface area contributed by atoms with E-state index in [-0.39, 0.29) is 30.9 Å². The molecule has 2 heterocycles. The van der Waals surface area contributed by atoms with Gasteiger partial charge in [0.25, 0.3) is 5.91 Å². The minimum atomic E-state index is -0.508. The number of rotatable bonds is 6. The largest absolute Gasteiger partial charge is 0.346 e. The van der Waals surface area contributed by atoms with Crippen molar-refractivity contribution in [3.63, 3.8) is 0 Å². The third kappa shape index (κ3) is 3.91. The molecule has 2 N–H and O–H groups in total. The van der Waals surface area contributed by atoms with Gasteiger partial charge in [-0.2, -0.15) is 0 Å². The second kappa shape index (κ2) is 7.44. The van der Waals surface area contributed by atoms with E-state index in [0.29, 0.717) is 0 Å². The normalized spacial score (nSPS) is 19.4. The first kappa shape index (κ1) is 16.4. The Hall–Kier alpha value is -2.41. The van der Waals surface area contributed by atoms with Gasteiger partial charge in [-0.1, -0.05) is 30.3 Å². The second-order valence-electron chi connectivity index (χ2n) is 6.18. The molecule has 2 aliphatic rings. The first-order chi connectivity index (χ1) is 11.6. The Morgan fingerprint density at radius 2 is 1.88 bits per heavy atom. The van der Waals surface area contributed by atoms with Gasteiger partial charge < -0.3 is 15.5 Å². The van der Waals surface area contributed by atoms with Gasteiger partial charge in [0.1, 0.15) is 6.54 Å². The number of nitrogens with zero attached hydrogens (tertiary/aromatic N) is 2. The number of carbonyl (C=O) groups excluding carboxylic acids is 3. The molecule has 3 rings (SSSR count). The van der Waals surface area contributed by atoms with Crippen molar-refractivity contribution in [3.8, 4) is 0 Å². The Kier molecular flexibility index (Phi) is 5.10. The molecule has 4 amide bonds. The first-order valence-electron chi connectivity index (χ1n) is 8.28. The fraction of sp³-hybridized carbons (Fsp3) is 0.471. The Balaban J connectivity index is 1.65. The zero-order valence-electron chi connectivity index (χ0n) is 13.5. The molecule has 2 aliphatic heterocycles. The molecule has 0 aromatic heterocycles. The highest BCUT2D eigenvalue weighted by Crippen LogP contribution is 2.17. The Bertz CT molecular complexity index is 598. The van der Waals surface area contributed by atoms with Gasteiger partial charge >= 0.3 is 6.03 Å². The van der Waals surface area contributed by atoms with Crippen LogP contribution in [-0.2, 0) is 9.59 Å². The van der Waals surface area contributed by atoms with E-state index >= 15 is 0 Å². The highest BCUT2D eigenvalue weighted by atomic mass is 16.2. The van der Waals surface area contributed by atoms with Crippen LogP contribution in [0.15, 0.2) is 30.3 Å². The van der Waals surface area contributed by atoms with Crippen molar-refractivity contribution in [2.45, 2.75) is 18.9 Å². The number of likely N-dealkylation sites (tertiary alicyclic amines) is 1. The SMILES string of the molecule is O=C(CN1C(=O)CNC1=O)NC(CN1CCCC1)c1ccccc1. The number of nitrogens with one attached hydrogen (secondary N) is 2. The summed E-state index contributed by atoms with van der Waals surface area (Å²) in [6.45, 7) is 2.52. The van der Waals surface area contributed by atoms with E-state index in [1.165, 1.54) is 12.8 Å². The zero-order chi connectivity index (χ0) is 16.9. The van der Waals surface area contributed by atoms with Crippen LogP contribution in [0.5, 0.6) is 0 Å². The molecule has 1 atom stereocenters. The average Bonchev–Trinajstić information content (AvgIpc) is 3.20. The predicted molar refractivity (Wildman–Crippen MR) is 88.1 cm³/mol. The molecule has 1 aromatic carbocycles. The van der Waals surface area contributed by atoms with Crippen molar-refractivity contribution in [1.29, 1.82) is 0 Å². The standard InChI is InChI=1S/C17H22N4O3/c22-15(12-21-16(23)10-18-17(21)24)19-14(11-20-8-4-5-9-20)13-6-2-1-3-7-13/h1-3,6-7,14H,4-5,8-12H2,(H,18,24)(H,19,22). The van der Waals surface area contributed by atoms with Gasteiger partial charge in [0.2, 0.25) is 5.91 Å². The quantitative estimate of drug-likeness (QED) is 0.744. The summed E-state index contributed by atoms with van der Waals surface area (Å²) in [5.41, 5.74) is 1.02. The van der Waals surface area contributed by atoms with E-state index in [4.69, 9.17) is 0 Å². The number of carbonyl (C=O) groups is 3. The minimum Gasteiger partial charge on any atom is -0.346 e. The number of amides is 4. The predicted octanol–water partition coefficient (Wildman–Crippen LogP) is 0.492. The topological polar surface area (TPSA) is 81.8 Å². The third-order valence-electron chi connectivity index (χ3n) is 4.42. The van der Waals surface area contributed by atoms with Gasteiger partial charge in [0.15, 0.2) is 0 Å². The summed E-state index contributed by atoms with van der Waals surface area (Å²) in [6, 6.07) is 9.12. The Labute approximate surface area is 141 Å². The fourth-order valence-corrected chi connectivity index (χ4v) is 3.14. The monoisotopic (exact) mass is 330 g/mol. The molecule has 2 fully saturated rings. The van der Waals surface area contributed by atoms with Gasteiger partial charge in [-0.15, -0.1) is 0 Å². The molecular formula is C17H22N4O3. The highest BCUT2D eigenvalue weighted by molar-refractivity contribution is 6.04. The van der Waals surface area contributed by atoms with E-state index in [9.17, 15) is 14.4 Å². The Morgan fingerprint density at radius 1 is 1.17 bits per heavy atom. The molecule has 0 saturated carbocycles. The lowest BCUT2D eigenvalue weighted by Gasteiger charge is -2.25. The molecular weight excluding hydrogens is 308 g/mol. The maximum atomic E-state index is 12.3. The molecule has 0 radical (unpaired) electrons. The van der Waals surface area contributed by atoms with Crippen molar-refractivity contribution in [3.05, 3.63) is 35.9 Å². The van der Waals surface area contributed by atoms with Crippen LogP contribution in [0.25, 0.3) is 0 Å². The van der Waals surface area contributed by atoms with Crippen LogP contribution in [0.4, 0.5) is 4.79 Å². The van der Waals surface area contributed by atoms with Crippen LogP contribution in [0, 0.1) is 0 Å². The number of benzene rings is 1. The summed E-state index contributed by atoms with van der Waals surface area (Å²) < 4.78 is 0. The van der Waals surface area contributed by atoms with Crippen molar-refractivity contribution >= 4 is 17.8 Å². The van der Waals surface area contributed by atoms with Crippen molar-refractivity contribution in [1.82, 2.24) is 20.4 Å². The van der Waals surface area contributed by atoms with E-state index in [1.807, 2.05) is 30.3 Å². The number of hydrogen-bond acceptors (Lipinski definition) is 4. The third-order valence-corrected chi connectivity index (χ3v) is 4.42. The van der Waals surface area contributed by atoms with Gasteiger partial charge in [-0.25, -0.2) is 4.79 Å². The summed E-state index contributed by atoms with van der Waals surface area (Å²) in [6.07, 6.45) is 2.36. The molecule has 1 unspecified atom stereocenters. The molecule has 24 heavy (non-hydrogen) atoms. The molecule has 7 nitrogen and oxygen atoms in total. The summed E-state index contributed by atoms with van der Waals surface area (Å²) >= 11 is 0. The van der Waals surface area contributed by atoms with Gasteiger partial charge in [-0.3, -0.25) is 14.5 Å². The van der Waals surface area contributed by atoms with Crippen molar-refractivity contribution in [2.24, 2.45) is 0 Å². The molecule has 0 spiro atoms. The zero-order valence-corrected chi connectivity index (χ0v) is 13.5. The molecule has 2 saturated heterocycles. The van der Waals surface area contributed by atoms with E-state index in [1.54, 1.807) is 0 Å². The van der Waals surface area contributed by atoms with Gasteiger partial charge in [0.05, 0.1) is 12.6 Å². The lowest BCUT2D eigenvalue weighted by molar-refractivity contribution is -0.131. The summed E-state index contributed by atoms with van der Waals surface area (Å²) in [5.74, 6) is -0.695. The lowest BCUT2D eigenvalue weighted by atomic mass is 10.1. The number of imide groups is 1. The summed E-state index contributed by atoms with van der Waals surface area (Å²) in [5, 5.41) is 5.39. The molecule has 7 heteroatoms. The number of urea groups is 1. The first-order valence-corrected chi connectivity index (χ1v) is 8.28. The molecule has 0 bridgehead atoms.